The first kappa shape index (κ1) is 23.3. The Labute approximate surface area is 199 Å². The maximum atomic E-state index is 13.0. The van der Waals surface area contributed by atoms with Crippen molar-refractivity contribution in [1.82, 2.24) is 20.2 Å². The highest BCUT2D eigenvalue weighted by molar-refractivity contribution is 6.06. The first-order valence-corrected chi connectivity index (χ1v) is 11.4. The summed E-state index contributed by atoms with van der Waals surface area (Å²) < 4.78 is 39.1. The third kappa shape index (κ3) is 3.92. The lowest BCUT2D eigenvalue weighted by molar-refractivity contribution is -0.172. The maximum Gasteiger partial charge on any atom is 0.406 e. The molecule has 11 heteroatoms. The summed E-state index contributed by atoms with van der Waals surface area (Å²) in [5.41, 5.74) is 1.90. The highest BCUT2D eigenvalue weighted by atomic mass is 19.4. The Morgan fingerprint density at radius 3 is 2.71 bits per heavy atom. The average Bonchev–Trinajstić information content (AvgIpc) is 3.31. The third-order valence-corrected chi connectivity index (χ3v) is 7.51. The molecule has 1 fully saturated rings. The number of nitrogens with one attached hydrogen (secondary N) is 2. The number of amides is 3. The van der Waals surface area contributed by atoms with Crippen molar-refractivity contribution in [3.63, 3.8) is 0 Å². The second-order valence-corrected chi connectivity index (χ2v) is 9.72. The van der Waals surface area contributed by atoms with Crippen LogP contribution in [-0.4, -0.2) is 57.4 Å². The quantitative estimate of drug-likeness (QED) is 0.692. The second-order valence-electron chi connectivity index (χ2n) is 9.72. The summed E-state index contributed by atoms with van der Waals surface area (Å²) >= 11 is 0. The molecular formula is C24H24F3N5O3. The van der Waals surface area contributed by atoms with Crippen molar-refractivity contribution < 1.29 is 27.6 Å². The summed E-state index contributed by atoms with van der Waals surface area (Å²) in [6, 6.07) is 3.44. The van der Waals surface area contributed by atoms with Gasteiger partial charge >= 0.3 is 6.18 Å². The highest BCUT2D eigenvalue weighted by Crippen LogP contribution is 2.46. The van der Waals surface area contributed by atoms with Gasteiger partial charge in [-0.15, -0.1) is 0 Å². The van der Waals surface area contributed by atoms with Crippen molar-refractivity contribution in [3.05, 3.63) is 53.0 Å². The van der Waals surface area contributed by atoms with Gasteiger partial charge in [-0.05, 0) is 55.4 Å². The monoisotopic (exact) mass is 487 g/mol. The molecule has 3 aliphatic rings. The van der Waals surface area contributed by atoms with Crippen molar-refractivity contribution in [1.29, 1.82) is 0 Å². The van der Waals surface area contributed by atoms with Crippen LogP contribution in [0.1, 0.15) is 47.3 Å². The fourth-order valence-corrected chi connectivity index (χ4v) is 5.45. The molecule has 2 aromatic rings. The van der Waals surface area contributed by atoms with Gasteiger partial charge in [0.15, 0.2) is 0 Å². The van der Waals surface area contributed by atoms with E-state index in [9.17, 15) is 27.6 Å². The number of nitrogens with zero attached hydrogens (tertiary/aromatic N) is 3. The van der Waals surface area contributed by atoms with Gasteiger partial charge in [-0.25, -0.2) is 9.97 Å². The smallest absolute Gasteiger partial charge is 0.340 e. The van der Waals surface area contributed by atoms with Gasteiger partial charge in [0.25, 0.3) is 5.91 Å². The molecule has 0 saturated carbocycles. The van der Waals surface area contributed by atoms with E-state index in [0.717, 1.165) is 16.0 Å². The molecule has 1 aliphatic carbocycles. The first-order chi connectivity index (χ1) is 16.5. The zero-order chi connectivity index (χ0) is 25.1. The molecule has 4 atom stereocenters. The molecule has 5 rings (SSSR count). The summed E-state index contributed by atoms with van der Waals surface area (Å²) in [4.78, 5) is 47.6. The van der Waals surface area contributed by atoms with Crippen molar-refractivity contribution in [2.24, 2.45) is 5.92 Å². The van der Waals surface area contributed by atoms with Gasteiger partial charge in [-0.1, -0.05) is 13.0 Å². The predicted octanol–water partition coefficient (Wildman–Crippen LogP) is 2.38. The van der Waals surface area contributed by atoms with Crippen LogP contribution in [0, 0.1) is 5.92 Å². The number of piperidine rings is 1. The summed E-state index contributed by atoms with van der Waals surface area (Å²) in [5.74, 6) is -1.18. The number of carbonyl (C=O) groups excluding carboxylic acids is 3. The lowest BCUT2D eigenvalue weighted by Gasteiger charge is -2.42. The number of hydrogen-bond donors (Lipinski definition) is 2. The Bertz CT molecular complexity index is 1230. The van der Waals surface area contributed by atoms with E-state index in [4.69, 9.17) is 0 Å². The Hall–Kier alpha value is -3.50. The SMILES string of the molecule is CC1C[C@H](NC(=O)c2ccc3c(c2)C[C@@]2(C3)C(=O)Nc3ncncc32)C(=O)N(CC(F)(F)F)[C@@H]1C. The molecule has 1 aromatic carbocycles. The minimum absolute atomic E-state index is 0.170. The molecule has 3 heterocycles. The molecule has 35 heavy (non-hydrogen) atoms. The van der Waals surface area contributed by atoms with E-state index in [1.165, 1.54) is 6.33 Å². The first-order valence-electron chi connectivity index (χ1n) is 11.4. The fourth-order valence-electron chi connectivity index (χ4n) is 5.45. The Morgan fingerprint density at radius 2 is 1.97 bits per heavy atom. The lowest BCUT2D eigenvalue weighted by atomic mass is 9.80. The van der Waals surface area contributed by atoms with Crippen molar-refractivity contribution >= 4 is 23.5 Å². The predicted molar refractivity (Wildman–Crippen MR) is 118 cm³/mol. The molecule has 1 unspecified atom stereocenters. The standard InChI is InChI=1S/C24H24F3N5O3/c1-12-5-18(21(34)32(13(12)2)10-24(25,26)27)30-20(33)14-3-4-15-7-23(8-16(15)6-14)17-9-28-11-29-19(17)31-22(23)35/h3-4,6,9,11-13,18H,5,7-8,10H2,1-2H3,(H,30,33)(H,28,29,31,35)/t12?,13-,18+,23-/m1/s1. The van der Waals surface area contributed by atoms with Crippen LogP contribution in [0.25, 0.3) is 0 Å². The number of anilines is 1. The van der Waals surface area contributed by atoms with E-state index in [0.29, 0.717) is 24.2 Å². The summed E-state index contributed by atoms with van der Waals surface area (Å²) in [6.07, 6.45) is -0.464. The molecule has 184 valence electrons. The fraction of sp³-hybridized carbons (Fsp3) is 0.458. The van der Waals surface area contributed by atoms with Crippen LogP contribution in [0.3, 0.4) is 0 Å². The summed E-state index contributed by atoms with van der Waals surface area (Å²) in [7, 11) is 0. The highest BCUT2D eigenvalue weighted by Gasteiger charge is 2.51. The minimum Gasteiger partial charge on any atom is -0.340 e. The molecule has 1 spiro atoms. The van der Waals surface area contributed by atoms with Gasteiger partial charge in [-0.2, -0.15) is 13.2 Å². The maximum absolute atomic E-state index is 13.0. The Kier molecular flexibility index (Phi) is 5.33. The number of benzene rings is 1. The van der Waals surface area contributed by atoms with E-state index in [-0.39, 0.29) is 23.8 Å². The summed E-state index contributed by atoms with van der Waals surface area (Å²) in [6.45, 7) is 2.01. The van der Waals surface area contributed by atoms with Crippen molar-refractivity contribution in [3.8, 4) is 0 Å². The molecule has 2 aliphatic heterocycles. The zero-order valence-electron chi connectivity index (χ0n) is 19.1. The molecule has 2 N–H and O–H groups in total. The number of rotatable bonds is 3. The van der Waals surface area contributed by atoms with Gasteiger partial charge in [0.05, 0.1) is 5.41 Å². The molecule has 8 nitrogen and oxygen atoms in total. The van der Waals surface area contributed by atoms with Gasteiger partial charge in [0.1, 0.15) is 24.7 Å². The van der Waals surface area contributed by atoms with Crippen molar-refractivity contribution in [2.75, 3.05) is 11.9 Å². The van der Waals surface area contributed by atoms with Gasteiger partial charge in [0.2, 0.25) is 11.8 Å². The van der Waals surface area contributed by atoms with E-state index in [1.807, 2.05) is 0 Å². The third-order valence-electron chi connectivity index (χ3n) is 7.51. The van der Waals surface area contributed by atoms with Crippen LogP contribution in [0.5, 0.6) is 0 Å². The number of alkyl halides is 3. The number of hydrogen-bond acceptors (Lipinski definition) is 5. The van der Waals surface area contributed by atoms with Crippen LogP contribution < -0.4 is 10.6 Å². The largest absolute Gasteiger partial charge is 0.406 e. The minimum atomic E-state index is -4.53. The van der Waals surface area contributed by atoms with Crippen LogP contribution in [0.15, 0.2) is 30.7 Å². The summed E-state index contributed by atoms with van der Waals surface area (Å²) in [5, 5.41) is 5.43. The zero-order valence-corrected chi connectivity index (χ0v) is 19.1. The van der Waals surface area contributed by atoms with E-state index in [1.54, 1.807) is 38.2 Å². The van der Waals surface area contributed by atoms with Gasteiger partial charge in [-0.3, -0.25) is 14.4 Å². The molecule has 0 radical (unpaired) electrons. The number of fused-ring (bicyclic) bond motifs is 3. The van der Waals surface area contributed by atoms with Gasteiger partial charge in [0, 0.05) is 23.4 Å². The van der Waals surface area contributed by atoms with Crippen LogP contribution >= 0.6 is 0 Å². The Morgan fingerprint density at radius 1 is 1.23 bits per heavy atom. The lowest BCUT2D eigenvalue weighted by Crippen LogP contribution is -2.59. The normalized spacial score (nSPS) is 27.6. The molecule has 0 bridgehead atoms. The second kappa shape index (κ2) is 8.03. The topological polar surface area (TPSA) is 104 Å². The number of halogens is 3. The van der Waals surface area contributed by atoms with Gasteiger partial charge < -0.3 is 15.5 Å². The van der Waals surface area contributed by atoms with E-state index in [2.05, 4.69) is 20.6 Å². The number of likely N-dealkylation sites (tertiary alicyclic amines) is 1. The van der Waals surface area contributed by atoms with Crippen LogP contribution in [0.4, 0.5) is 19.0 Å². The van der Waals surface area contributed by atoms with E-state index < -0.39 is 42.0 Å². The van der Waals surface area contributed by atoms with Crippen LogP contribution in [-0.2, 0) is 27.8 Å². The number of carbonyl (C=O) groups is 3. The molecule has 1 saturated heterocycles. The number of aromatic nitrogens is 2. The van der Waals surface area contributed by atoms with E-state index >= 15 is 0 Å². The molecule has 3 amide bonds. The van der Waals surface area contributed by atoms with Crippen LogP contribution in [0.2, 0.25) is 0 Å². The average molecular weight is 487 g/mol. The molecular weight excluding hydrogens is 463 g/mol. The molecule has 1 aromatic heterocycles. The Balaban J connectivity index is 1.34. The van der Waals surface area contributed by atoms with Crippen molar-refractivity contribution in [2.45, 2.75) is 56.8 Å².